The van der Waals surface area contributed by atoms with Crippen LogP contribution in [0.3, 0.4) is 0 Å². The van der Waals surface area contributed by atoms with Gasteiger partial charge in [-0.05, 0) is 24.6 Å². The summed E-state index contributed by atoms with van der Waals surface area (Å²) in [4.78, 5) is 7.09. The topological polar surface area (TPSA) is 54.7 Å². The van der Waals surface area contributed by atoms with Crippen LogP contribution >= 0.6 is 0 Å². The average molecular weight is 205 g/mol. The third-order valence-corrected chi connectivity index (χ3v) is 2.29. The lowest BCUT2D eigenvalue weighted by Gasteiger charge is -1.99. The zero-order valence-corrected chi connectivity index (χ0v) is 8.42. The molecule has 0 fully saturated rings. The standard InChI is InChI=1S/C11H12FN3/c1-7-10(15-11(13)14-7)6-8-2-4-9(12)5-3-8/h2-5H,6H2,1H3,(H3,13,14,15). The lowest BCUT2D eigenvalue weighted by molar-refractivity contribution is 0.627. The molecule has 78 valence electrons. The van der Waals surface area contributed by atoms with E-state index in [2.05, 4.69) is 9.97 Å². The van der Waals surface area contributed by atoms with Crippen molar-refractivity contribution in [1.29, 1.82) is 0 Å². The van der Waals surface area contributed by atoms with Crippen LogP contribution in [0.4, 0.5) is 10.3 Å². The van der Waals surface area contributed by atoms with E-state index < -0.39 is 0 Å². The van der Waals surface area contributed by atoms with Gasteiger partial charge in [-0.3, -0.25) is 0 Å². The first kappa shape index (κ1) is 9.71. The second-order valence-corrected chi connectivity index (χ2v) is 3.50. The second kappa shape index (κ2) is 3.73. The molecule has 3 nitrogen and oxygen atoms in total. The molecule has 0 atom stereocenters. The van der Waals surface area contributed by atoms with Gasteiger partial charge in [0.15, 0.2) is 5.95 Å². The van der Waals surface area contributed by atoms with E-state index >= 15 is 0 Å². The molecule has 0 amide bonds. The van der Waals surface area contributed by atoms with E-state index in [0.717, 1.165) is 17.0 Å². The Kier molecular flexibility index (Phi) is 2.41. The quantitative estimate of drug-likeness (QED) is 0.788. The van der Waals surface area contributed by atoms with Crippen LogP contribution in [-0.2, 0) is 6.42 Å². The molecule has 3 N–H and O–H groups in total. The fraction of sp³-hybridized carbons (Fsp3) is 0.182. The maximum Gasteiger partial charge on any atom is 0.197 e. The molecular weight excluding hydrogens is 193 g/mol. The van der Waals surface area contributed by atoms with Crippen LogP contribution < -0.4 is 5.73 Å². The van der Waals surface area contributed by atoms with Crippen molar-refractivity contribution >= 4 is 5.95 Å². The van der Waals surface area contributed by atoms with E-state index in [1.54, 1.807) is 12.1 Å². The minimum Gasteiger partial charge on any atom is -0.369 e. The minimum absolute atomic E-state index is 0.225. The summed E-state index contributed by atoms with van der Waals surface area (Å²) in [7, 11) is 0. The summed E-state index contributed by atoms with van der Waals surface area (Å²) in [5.41, 5.74) is 8.41. The highest BCUT2D eigenvalue weighted by molar-refractivity contribution is 5.30. The summed E-state index contributed by atoms with van der Waals surface area (Å²) in [6.45, 7) is 1.92. The lowest BCUT2D eigenvalue weighted by Crippen LogP contribution is -1.91. The van der Waals surface area contributed by atoms with E-state index in [9.17, 15) is 4.39 Å². The third kappa shape index (κ3) is 2.15. The van der Waals surface area contributed by atoms with Crippen LogP contribution in [0.25, 0.3) is 0 Å². The number of halogens is 1. The van der Waals surface area contributed by atoms with Crippen molar-refractivity contribution in [2.75, 3.05) is 5.73 Å². The molecule has 2 rings (SSSR count). The van der Waals surface area contributed by atoms with E-state index in [-0.39, 0.29) is 5.82 Å². The van der Waals surface area contributed by atoms with Gasteiger partial charge in [-0.15, -0.1) is 0 Å². The molecule has 0 saturated heterocycles. The molecule has 1 heterocycles. The maximum absolute atomic E-state index is 12.7. The molecule has 0 aliphatic rings. The van der Waals surface area contributed by atoms with Crippen LogP contribution in [0.2, 0.25) is 0 Å². The molecule has 0 bridgehead atoms. The normalized spacial score (nSPS) is 10.5. The molecule has 1 aromatic heterocycles. The van der Waals surface area contributed by atoms with Crippen LogP contribution in [0.15, 0.2) is 24.3 Å². The number of H-pyrrole nitrogens is 1. The fourth-order valence-corrected chi connectivity index (χ4v) is 1.49. The molecule has 0 spiro atoms. The molecule has 4 heteroatoms. The Labute approximate surface area is 87.2 Å². The Morgan fingerprint density at radius 2 is 2.00 bits per heavy atom. The second-order valence-electron chi connectivity index (χ2n) is 3.50. The van der Waals surface area contributed by atoms with E-state index in [0.29, 0.717) is 12.4 Å². The zero-order chi connectivity index (χ0) is 10.8. The molecule has 15 heavy (non-hydrogen) atoms. The number of aryl methyl sites for hydroxylation is 1. The summed E-state index contributed by atoms with van der Waals surface area (Å²) in [5.74, 6) is 0.196. The first-order valence-corrected chi connectivity index (χ1v) is 4.70. The highest BCUT2D eigenvalue weighted by Crippen LogP contribution is 2.12. The van der Waals surface area contributed by atoms with Gasteiger partial charge in [-0.25, -0.2) is 9.37 Å². The molecule has 1 aromatic carbocycles. The largest absolute Gasteiger partial charge is 0.369 e. The molecule has 0 unspecified atom stereocenters. The molecule has 0 radical (unpaired) electrons. The van der Waals surface area contributed by atoms with Crippen molar-refractivity contribution in [2.24, 2.45) is 0 Å². The number of imidazole rings is 1. The minimum atomic E-state index is -0.225. The van der Waals surface area contributed by atoms with Gasteiger partial charge in [0.25, 0.3) is 0 Å². The number of benzene rings is 1. The van der Waals surface area contributed by atoms with Crippen molar-refractivity contribution in [3.8, 4) is 0 Å². The first-order valence-electron chi connectivity index (χ1n) is 4.70. The first-order chi connectivity index (χ1) is 7.15. The van der Waals surface area contributed by atoms with Gasteiger partial charge in [0.05, 0.1) is 5.69 Å². The summed E-state index contributed by atoms with van der Waals surface area (Å²) >= 11 is 0. The molecular formula is C11H12FN3. The van der Waals surface area contributed by atoms with Gasteiger partial charge in [-0.1, -0.05) is 12.1 Å². The van der Waals surface area contributed by atoms with Crippen molar-refractivity contribution in [2.45, 2.75) is 13.3 Å². The van der Waals surface area contributed by atoms with Crippen LogP contribution in [0.5, 0.6) is 0 Å². The number of nitrogen functional groups attached to an aromatic ring is 1. The molecule has 0 aliphatic heterocycles. The summed E-state index contributed by atoms with van der Waals surface area (Å²) in [6, 6.07) is 6.39. The summed E-state index contributed by atoms with van der Waals surface area (Å²) < 4.78 is 12.7. The highest BCUT2D eigenvalue weighted by atomic mass is 19.1. The van der Waals surface area contributed by atoms with Crippen molar-refractivity contribution < 1.29 is 4.39 Å². The summed E-state index contributed by atoms with van der Waals surface area (Å²) in [6.07, 6.45) is 0.666. The lowest BCUT2D eigenvalue weighted by atomic mass is 10.1. The number of aromatic amines is 1. The number of anilines is 1. The number of hydrogen-bond acceptors (Lipinski definition) is 2. The van der Waals surface area contributed by atoms with E-state index in [4.69, 9.17) is 5.73 Å². The fourth-order valence-electron chi connectivity index (χ4n) is 1.49. The number of nitrogens with zero attached hydrogens (tertiary/aromatic N) is 1. The predicted octanol–water partition coefficient (Wildman–Crippen LogP) is 2.03. The Balaban J connectivity index is 2.21. The van der Waals surface area contributed by atoms with E-state index in [1.165, 1.54) is 12.1 Å². The van der Waals surface area contributed by atoms with Crippen molar-refractivity contribution in [1.82, 2.24) is 9.97 Å². The van der Waals surface area contributed by atoms with Crippen molar-refractivity contribution in [3.63, 3.8) is 0 Å². The third-order valence-electron chi connectivity index (χ3n) is 2.29. The number of nitrogens with one attached hydrogen (secondary N) is 1. The Hall–Kier alpha value is -1.84. The van der Waals surface area contributed by atoms with Gasteiger partial charge in [0.1, 0.15) is 5.82 Å². The predicted molar refractivity (Wildman–Crippen MR) is 56.9 cm³/mol. The number of aromatic nitrogens is 2. The number of rotatable bonds is 2. The van der Waals surface area contributed by atoms with Gasteiger partial charge >= 0.3 is 0 Å². The van der Waals surface area contributed by atoms with Gasteiger partial charge < -0.3 is 10.7 Å². The monoisotopic (exact) mass is 205 g/mol. The van der Waals surface area contributed by atoms with E-state index in [1.807, 2.05) is 6.92 Å². The number of hydrogen-bond donors (Lipinski definition) is 2. The van der Waals surface area contributed by atoms with Crippen LogP contribution in [0.1, 0.15) is 17.0 Å². The zero-order valence-electron chi connectivity index (χ0n) is 8.42. The Bertz CT molecular complexity index is 459. The van der Waals surface area contributed by atoms with Gasteiger partial charge in [0, 0.05) is 12.1 Å². The smallest absolute Gasteiger partial charge is 0.197 e. The van der Waals surface area contributed by atoms with Gasteiger partial charge in [-0.2, -0.15) is 0 Å². The van der Waals surface area contributed by atoms with Gasteiger partial charge in [0.2, 0.25) is 0 Å². The van der Waals surface area contributed by atoms with Crippen LogP contribution in [-0.4, -0.2) is 9.97 Å². The summed E-state index contributed by atoms with van der Waals surface area (Å²) in [5, 5.41) is 0. The average Bonchev–Trinajstić information content (AvgIpc) is 2.49. The maximum atomic E-state index is 12.7. The van der Waals surface area contributed by atoms with Crippen molar-refractivity contribution in [3.05, 3.63) is 47.0 Å². The SMILES string of the molecule is Cc1[nH]c(N)nc1Cc1ccc(F)cc1. The molecule has 2 aromatic rings. The number of nitrogens with two attached hydrogens (primary N) is 1. The Morgan fingerprint density at radius 1 is 1.33 bits per heavy atom. The molecule has 0 saturated carbocycles. The Morgan fingerprint density at radius 3 is 2.53 bits per heavy atom. The van der Waals surface area contributed by atoms with Crippen LogP contribution in [0, 0.1) is 12.7 Å². The molecule has 0 aliphatic carbocycles. The highest BCUT2D eigenvalue weighted by Gasteiger charge is 2.05.